The van der Waals surface area contributed by atoms with Gasteiger partial charge in [0.1, 0.15) is 5.76 Å². The lowest BCUT2D eigenvalue weighted by molar-refractivity contribution is 0.240. The molecule has 2 unspecified atom stereocenters. The average Bonchev–Trinajstić information content (AvgIpc) is 3.10. The van der Waals surface area contributed by atoms with Crippen LogP contribution in [0.25, 0.3) is 0 Å². The van der Waals surface area contributed by atoms with E-state index >= 15 is 0 Å². The molecule has 0 saturated carbocycles. The second-order valence-corrected chi connectivity index (χ2v) is 6.02. The highest BCUT2D eigenvalue weighted by atomic mass is 16.3. The van der Waals surface area contributed by atoms with Crippen LogP contribution < -0.4 is 5.32 Å². The molecule has 0 fully saturated rings. The summed E-state index contributed by atoms with van der Waals surface area (Å²) in [7, 11) is 6.21. The number of rotatable bonds is 5. The minimum absolute atomic E-state index is 0.252. The van der Waals surface area contributed by atoms with Crippen molar-refractivity contribution < 1.29 is 4.42 Å². The van der Waals surface area contributed by atoms with E-state index in [1.54, 1.807) is 6.26 Å². The van der Waals surface area contributed by atoms with E-state index in [-0.39, 0.29) is 6.04 Å². The summed E-state index contributed by atoms with van der Waals surface area (Å²) >= 11 is 0. The molecule has 1 aliphatic carbocycles. The number of aryl methyl sites for hydroxylation is 1. The fraction of sp³-hybridized carbons (Fsp3) is 0.562. The summed E-state index contributed by atoms with van der Waals surface area (Å²) < 4.78 is 7.59. The molecule has 2 atom stereocenters. The third-order valence-corrected chi connectivity index (χ3v) is 4.43. The molecule has 0 aliphatic heterocycles. The van der Waals surface area contributed by atoms with Crippen molar-refractivity contribution >= 4 is 0 Å². The normalized spacial score (nSPS) is 19.7. The Kier molecular flexibility index (Phi) is 4.12. The Bertz CT molecular complexity index is 573. The van der Waals surface area contributed by atoms with Gasteiger partial charge in [-0.3, -0.25) is 9.58 Å². The van der Waals surface area contributed by atoms with Gasteiger partial charge in [0, 0.05) is 30.9 Å². The zero-order valence-corrected chi connectivity index (χ0v) is 13.0. The molecular weight excluding hydrogens is 264 g/mol. The van der Waals surface area contributed by atoms with Crippen LogP contribution in [0.15, 0.2) is 29.0 Å². The summed E-state index contributed by atoms with van der Waals surface area (Å²) in [6.07, 6.45) is 7.29. The number of aromatic nitrogens is 2. The van der Waals surface area contributed by atoms with Crippen molar-refractivity contribution in [2.45, 2.75) is 31.3 Å². The molecule has 2 aromatic rings. The second kappa shape index (κ2) is 6.03. The third kappa shape index (κ3) is 2.89. The van der Waals surface area contributed by atoms with Crippen LogP contribution in [-0.4, -0.2) is 35.3 Å². The van der Waals surface area contributed by atoms with E-state index in [9.17, 15) is 0 Å². The fourth-order valence-electron chi connectivity index (χ4n) is 3.19. The van der Waals surface area contributed by atoms with Crippen LogP contribution in [0.2, 0.25) is 0 Å². The van der Waals surface area contributed by atoms with Crippen LogP contribution in [-0.2, 0) is 13.5 Å². The standard InChI is InChI=1S/C16H24N4O/c1-19(2)15(16-8-5-9-21-16)11-17-13-6-4-7-14-12(13)10-18-20(14)3/h5,8-10,13,15,17H,4,6-7,11H2,1-3H3. The van der Waals surface area contributed by atoms with Gasteiger partial charge >= 0.3 is 0 Å². The Morgan fingerprint density at radius 3 is 3.10 bits per heavy atom. The first-order valence-electron chi connectivity index (χ1n) is 7.61. The van der Waals surface area contributed by atoms with Crippen molar-refractivity contribution in [3.05, 3.63) is 41.6 Å². The monoisotopic (exact) mass is 288 g/mol. The van der Waals surface area contributed by atoms with Crippen molar-refractivity contribution in [2.75, 3.05) is 20.6 Å². The van der Waals surface area contributed by atoms with Crippen molar-refractivity contribution in [1.82, 2.24) is 20.0 Å². The quantitative estimate of drug-likeness (QED) is 0.917. The third-order valence-electron chi connectivity index (χ3n) is 4.43. The molecule has 0 spiro atoms. The first-order valence-corrected chi connectivity index (χ1v) is 7.61. The van der Waals surface area contributed by atoms with Crippen LogP contribution in [0.5, 0.6) is 0 Å². The summed E-state index contributed by atoms with van der Waals surface area (Å²) in [6, 6.07) is 4.65. The Labute approximate surface area is 125 Å². The van der Waals surface area contributed by atoms with E-state index in [2.05, 4.69) is 29.4 Å². The van der Waals surface area contributed by atoms with Crippen molar-refractivity contribution in [1.29, 1.82) is 0 Å². The fourth-order valence-corrected chi connectivity index (χ4v) is 3.19. The van der Waals surface area contributed by atoms with Gasteiger partial charge < -0.3 is 9.73 Å². The highest BCUT2D eigenvalue weighted by Gasteiger charge is 2.25. The molecular formula is C16H24N4O. The van der Waals surface area contributed by atoms with Crippen LogP contribution in [0.1, 0.15) is 41.9 Å². The number of nitrogens with one attached hydrogen (secondary N) is 1. The SMILES string of the molecule is CN(C)C(CNC1CCCc2c1cnn2C)c1ccco1. The van der Waals surface area contributed by atoms with Gasteiger partial charge in [-0.1, -0.05) is 0 Å². The Balaban J connectivity index is 1.70. The Morgan fingerprint density at radius 1 is 1.52 bits per heavy atom. The van der Waals surface area contributed by atoms with E-state index < -0.39 is 0 Å². The maximum atomic E-state index is 5.57. The van der Waals surface area contributed by atoms with Gasteiger partial charge in [0.15, 0.2) is 0 Å². The molecule has 1 aliphatic rings. The molecule has 114 valence electrons. The minimum Gasteiger partial charge on any atom is -0.468 e. The van der Waals surface area contributed by atoms with E-state index in [0.717, 1.165) is 18.7 Å². The van der Waals surface area contributed by atoms with E-state index in [1.165, 1.54) is 24.1 Å². The largest absolute Gasteiger partial charge is 0.468 e. The van der Waals surface area contributed by atoms with E-state index in [1.807, 2.05) is 30.1 Å². The first kappa shape index (κ1) is 14.4. The highest BCUT2D eigenvalue weighted by Crippen LogP contribution is 2.30. The highest BCUT2D eigenvalue weighted by molar-refractivity contribution is 5.24. The lowest BCUT2D eigenvalue weighted by atomic mass is 9.93. The van der Waals surface area contributed by atoms with Gasteiger partial charge in [0.25, 0.3) is 0 Å². The molecule has 1 N–H and O–H groups in total. The first-order chi connectivity index (χ1) is 10.2. The molecule has 21 heavy (non-hydrogen) atoms. The minimum atomic E-state index is 0.252. The van der Waals surface area contributed by atoms with Gasteiger partial charge in [-0.05, 0) is 45.5 Å². The molecule has 0 aromatic carbocycles. The number of hydrogen-bond acceptors (Lipinski definition) is 4. The van der Waals surface area contributed by atoms with Crippen LogP contribution in [0.4, 0.5) is 0 Å². The molecule has 5 heteroatoms. The average molecular weight is 288 g/mol. The molecule has 0 bridgehead atoms. The molecule has 2 aromatic heterocycles. The zero-order valence-electron chi connectivity index (χ0n) is 13.0. The molecule has 0 radical (unpaired) electrons. The van der Waals surface area contributed by atoms with Gasteiger partial charge in [-0.2, -0.15) is 5.10 Å². The Morgan fingerprint density at radius 2 is 2.38 bits per heavy atom. The number of furan rings is 1. The predicted octanol–water partition coefficient (Wildman–Crippen LogP) is 2.28. The van der Waals surface area contributed by atoms with Crippen LogP contribution in [0, 0.1) is 0 Å². The Hall–Kier alpha value is -1.59. The second-order valence-electron chi connectivity index (χ2n) is 6.02. The number of nitrogens with zero attached hydrogens (tertiary/aromatic N) is 3. The van der Waals surface area contributed by atoms with Crippen molar-refractivity contribution in [3.63, 3.8) is 0 Å². The number of hydrogen-bond donors (Lipinski definition) is 1. The summed E-state index contributed by atoms with van der Waals surface area (Å²) in [4.78, 5) is 2.19. The molecule has 2 heterocycles. The molecule has 0 saturated heterocycles. The van der Waals surface area contributed by atoms with E-state index in [0.29, 0.717) is 6.04 Å². The van der Waals surface area contributed by atoms with Gasteiger partial charge in [-0.15, -0.1) is 0 Å². The maximum Gasteiger partial charge on any atom is 0.122 e. The predicted molar refractivity (Wildman–Crippen MR) is 82.0 cm³/mol. The van der Waals surface area contributed by atoms with Gasteiger partial charge in [0.2, 0.25) is 0 Å². The summed E-state index contributed by atoms with van der Waals surface area (Å²) in [5.74, 6) is 1.01. The molecule has 3 rings (SSSR count). The van der Waals surface area contributed by atoms with Gasteiger partial charge in [-0.25, -0.2) is 0 Å². The topological polar surface area (TPSA) is 46.2 Å². The zero-order chi connectivity index (χ0) is 14.8. The summed E-state index contributed by atoms with van der Waals surface area (Å²) in [6.45, 7) is 0.875. The molecule has 5 nitrogen and oxygen atoms in total. The molecule has 0 amide bonds. The van der Waals surface area contributed by atoms with Crippen molar-refractivity contribution in [2.24, 2.45) is 7.05 Å². The summed E-state index contributed by atoms with van der Waals surface area (Å²) in [5, 5.41) is 8.11. The van der Waals surface area contributed by atoms with Crippen LogP contribution in [0.3, 0.4) is 0 Å². The number of likely N-dealkylation sites (N-methyl/N-ethyl adjacent to an activating group) is 1. The smallest absolute Gasteiger partial charge is 0.122 e. The lowest BCUT2D eigenvalue weighted by Crippen LogP contribution is -2.34. The lowest BCUT2D eigenvalue weighted by Gasteiger charge is -2.28. The number of fused-ring (bicyclic) bond motifs is 1. The van der Waals surface area contributed by atoms with Crippen LogP contribution >= 0.6 is 0 Å². The van der Waals surface area contributed by atoms with Crippen molar-refractivity contribution in [3.8, 4) is 0 Å². The van der Waals surface area contributed by atoms with Gasteiger partial charge in [0.05, 0.1) is 18.5 Å². The maximum absolute atomic E-state index is 5.57. The van der Waals surface area contributed by atoms with E-state index in [4.69, 9.17) is 4.42 Å². The summed E-state index contributed by atoms with van der Waals surface area (Å²) in [5.41, 5.74) is 2.74.